The Morgan fingerprint density at radius 1 is 0.906 bits per heavy atom. The Morgan fingerprint density at radius 3 is 2.44 bits per heavy atom. The molecule has 4 rings (SSSR count). The summed E-state index contributed by atoms with van der Waals surface area (Å²) in [6, 6.07) is 13.8. The number of thioether (sulfide) groups is 1. The van der Waals surface area contributed by atoms with Crippen LogP contribution in [0.4, 0.5) is 13.2 Å². The van der Waals surface area contributed by atoms with Gasteiger partial charge >= 0.3 is 0 Å². The van der Waals surface area contributed by atoms with Crippen LogP contribution < -0.4 is 0 Å². The van der Waals surface area contributed by atoms with E-state index in [1.807, 2.05) is 32.0 Å². The highest BCUT2D eigenvalue weighted by Gasteiger charge is 2.19. The lowest BCUT2D eigenvalue weighted by Gasteiger charge is -2.12. The molecule has 0 fully saturated rings. The van der Waals surface area contributed by atoms with Gasteiger partial charge in [0.25, 0.3) is 0 Å². The quantitative estimate of drug-likeness (QED) is 0.287. The Hall–Kier alpha value is -2.77. The second-order valence-corrected chi connectivity index (χ2v) is 8.76. The Balaban J connectivity index is 1.73. The van der Waals surface area contributed by atoms with Crippen molar-refractivity contribution in [2.24, 2.45) is 0 Å². The third kappa shape index (κ3) is 4.69. The zero-order valence-corrected chi connectivity index (χ0v) is 18.9. The number of halogens is 4. The molecule has 164 valence electrons. The Morgan fingerprint density at radius 2 is 1.72 bits per heavy atom. The summed E-state index contributed by atoms with van der Waals surface area (Å²) in [4.78, 5) is 0. The van der Waals surface area contributed by atoms with Crippen LogP contribution >= 0.6 is 23.4 Å². The van der Waals surface area contributed by atoms with E-state index in [1.54, 1.807) is 10.6 Å². The third-order valence-corrected chi connectivity index (χ3v) is 6.50. The fourth-order valence-corrected chi connectivity index (χ4v) is 4.62. The van der Waals surface area contributed by atoms with Crippen LogP contribution in [0.15, 0.2) is 59.8 Å². The van der Waals surface area contributed by atoms with Crippen LogP contribution in [0, 0.1) is 31.3 Å². The summed E-state index contributed by atoms with van der Waals surface area (Å²) in [5.41, 5.74) is 3.72. The second-order valence-electron chi connectivity index (χ2n) is 7.41. The normalized spacial score (nSPS) is 11.2. The molecule has 0 amide bonds. The van der Waals surface area contributed by atoms with E-state index in [0.29, 0.717) is 28.0 Å². The van der Waals surface area contributed by atoms with E-state index in [-0.39, 0.29) is 11.4 Å². The van der Waals surface area contributed by atoms with Crippen molar-refractivity contribution < 1.29 is 13.2 Å². The van der Waals surface area contributed by atoms with E-state index in [9.17, 15) is 13.2 Å². The van der Waals surface area contributed by atoms with Gasteiger partial charge in [-0.05, 0) is 54.8 Å². The first kappa shape index (κ1) is 22.4. The predicted molar refractivity (Wildman–Crippen MR) is 121 cm³/mol. The van der Waals surface area contributed by atoms with Gasteiger partial charge in [0.05, 0.1) is 5.69 Å². The van der Waals surface area contributed by atoms with Crippen LogP contribution in [-0.2, 0) is 12.2 Å². The molecular formula is C24H19ClF3N3S. The van der Waals surface area contributed by atoms with Gasteiger partial charge in [0, 0.05) is 28.8 Å². The van der Waals surface area contributed by atoms with E-state index in [1.165, 1.54) is 36.0 Å². The van der Waals surface area contributed by atoms with Crippen LogP contribution in [0.25, 0.3) is 5.69 Å². The molecule has 3 aromatic carbocycles. The number of benzene rings is 3. The lowest BCUT2D eigenvalue weighted by atomic mass is 10.0. The summed E-state index contributed by atoms with van der Waals surface area (Å²) in [5, 5.41) is 9.14. The predicted octanol–water partition coefficient (Wildman–Crippen LogP) is 6.84. The first-order valence-electron chi connectivity index (χ1n) is 9.85. The summed E-state index contributed by atoms with van der Waals surface area (Å²) >= 11 is 7.32. The molecule has 0 bridgehead atoms. The molecule has 4 aromatic rings. The molecule has 3 nitrogen and oxygen atoms in total. The van der Waals surface area contributed by atoms with E-state index in [4.69, 9.17) is 11.6 Å². The van der Waals surface area contributed by atoms with Gasteiger partial charge in [-0.3, -0.25) is 4.57 Å². The minimum atomic E-state index is -0.739. The lowest BCUT2D eigenvalue weighted by Crippen LogP contribution is -2.07. The zero-order chi connectivity index (χ0) is 22.8. The van der Waals surface area contributed by atoms with Crippen LogP contribution in [0.3, 0.4) is 0 Å². The molecule has 1 aromatic heterocycles. The van der Waals surface area contributed by atoms with Gasteiger partial charge in [-0.1, -0.05) is 47.6 Å². The number of hydrogen-bond donors (Lipinski definition) is 0. The van der Waals surface area contributed by atoms with Crippen LogP contribution in [-0.4, -0.2) is 14.8 Å². The second kappa shape index (κ2) is 9.38. The Labute approximate surface area is 193 Å². The van der Waals surface area contributed by atoms with E-state index in [2.05, 4.69) is 10.2 Å². The molecule has 0 unspecified atom stereocenters. The SMILES string of the molecule is Cc1ccc(Cc2nnc(SCc3c(F)cccc3Cl)n2-c2ccc(F)cc2F)cc1C. The molecule has 0 aliphatic carbocycles. The van der Waals surface area contributed by atoms with Crippen LogP contribution in [0.1, 0.15) is 28.1 Å². The van der Waals surface area contributed by atoms with Gasteiger partial charge < -0.3 is 0 Å². The number of hydrogen-bond acceptors (Lipinski definition) is 3. The maximum Gasteiger partial charge on any atom is 0.196 e. The van der Waals surface area contributed by atoms with Crippen molar-refractivity contribution in [1.82, 2.24) is 14.8 Å². The number of nitrogens with zero attached hydrogens (tertiary/aromatic N) is 3. The summed E-state index contributed by atoms with van der Waals surface area (Å²) in [7, 11) is 0. The highest BCUT2D eigenvalue weighted by molar-refractivity contribution is 7.98. The summed E-state index contributed by atoms with van der Waals surface area (Å²) in [5.74, 6) is -1.18. The number of aromatic nitrogens is 3. The molecule has 0 radical (unpaired) electrons. The molecule has 0 aliphatic rings. The summed E-state index contributed by atoms with van der Waals surface area (Å²) in [6.45, 7) is 4.04. The minimum absolute atomic E-state index is 0.123. The highest BCUT2D eigenvalue weighted by Crippen LogP contribution is 2.31. The molecule has 8 heteroatoms. The van der Waals surface area contributed by atoms with Gasteiger partial charge in [-0.2, -0.15) is 0 Å². The van der Waals surface area contributed by atoms with E-state index in [0.717, 1.165) is 22.8 Å². The minimum Gasteiger partial charge on any atom is -0.271 e. The summed E-state index contributed by atoms with van der Waals surface area (Å²) < 4.78 is 44.0. The summed E-state index contributed by atoms with van der Waals surface area (Å²) in [6.07, 6.45) is 0.395. The lowest BCUT2D eigenvalue weighted by molar-refractivity contribution is 0.573. The van der Waals surface area contributed by atoms with Gasteiger partial charge in [-0.25, -0.2) is 13.2 Å². The molecule has 1 heterocycles. The fourth-order valence-electron chi connectivity index (χ4n) is 3.32. The first-order chi connectivity index (χ1) is 15.3. The van der Waals surface area contributed by atoms with Crippen molar-refractivity contribution in [3.63, 3.8) is 0 Å². The van der Waals surface area contributed by atoms with Crippen molar-refractivity contribution in [1.29, 1.82) is 0 Å². The van der Waals surface area contributed by atoms with Gasteiger partial charge in [0.2, 0.25) is 0 Å². The van der Waals surface area contributed by atoms with Crippen molar-refractivity contribution in [3.8, 4) is 5.69 Å². The monoisotopic (exact) mass is 473 g/mol. The molecule has 0 saturated heterocycles. The van der Waals surface area contributed by atoms with E-state index >= 15 is 0 Å². The molecular weight excluding hydrogens is 455 g/mol. The van der Waals surface area contributed by atoms with Gasteiger partial charge in [0.15, 0.2) is 5.16 Å². The van der Waals surface area contributed by atoms with Gasteiger partial charge in [-0.15, -0.1) is 10.2 Å². The average Bonchev–Trinajstić information content (AvgIpc) is 3.12. The molecule has 0 N–H and O–H groups in total. The third-order valence-electron chi connectivity index (χ3n) is 5.19. The maximum atomic E-state index is 14.7. The van der Waals surface area contributed by atoms with Crippen molar-refractivity contribution in [2.45, 2.75) is 31.2 Å². The maximum absolute atomic E-state index is 14.7. The molecule has 0 aliphatic heterocycles. The van der Waals surface area contributed by atoms with Crippen molar-refractivity contribution in [2.75, 3.05) is 0 Å². The van der Waals surface area contributed by atoms with E-state index < -0.39 is 17.5 Å². The average molecular weight is 474 g/mol. The highest BCUT2D eigenvalue weighted by atomic mass is 35.5. The van der Waals surface area contributed by atoms with Gasteiger partial charge in [0.1, 0.15) is 23.3 Å². The number of aryl methyl sites for hydroxylation is 2. The molecule has 0 saturated carbocycles. The van der Waals surface area contributed by atoms with Crippen molar-refractivity contribution >= 4 is 23.4 Å². The largest absolute Gasteiger partial charge is 0.271 e. The smallest absolute Gasteiger partial charge is 0.196 e. The molecule has 32 heavy (non-hydrogen) atoms. The molecule has 0 atom stereocenters. The van der Waals surface area contributed by atoms with Crippen molar-refractivity contribution in [3.05, 3.63) is 105 Å². The van der Waals surface area contributed by atoms with Crippen LogP contribution in [0.5, 0.6) is 0 Å². The fraction of sp³-hybridized carbons (Fsp3) is 0.167. The Bertz CT molecular complexity index is 1270. The first-order valence-corrected chi connectivity index (χ1v) is 11.2. The Kier molecular flexibility index (Phi) is 6.58. The molecule has 0 spiro atoms. The van der Waals surface area contributed by atoms with Crippen LogP contribution in [0.2, 0.25) is 5.02 Å². The topological polar surface area (TPSA) is 30.7 Å². The number of rotatable bonds is 6. The zero-order valence-electron chi connectivity index (χ0n) is 17.4. The standard InChI is InChI=1S/C24H19ClF3N3S/c1-14-6-7-16(10-15(14)2)11-23-29-30-24(31(23)22-9-8-17(26)12-21(22)28)32-13-18-19(25)4-3-5-20(18)27/h3-10,12H,11,13H2,1-2H3.